The topological polar surface area (TPSA) is 47.6 Å². The van der Waals surface area contributed by atoms with Crippen molar-refractivity contribution >= 4 is 17.6 Å². The number of halogens is 1. The number of benzene rings is 1. The van der Waals surface area contributed by atoms with Gasteiger partial charge in [-0.1, -0.05) is 23.7 Å². The molecule has 86 valence electrons. The summed E-state index contributed by atoms with van der Waals surface area (Å²) in [6.45, 7) is 2.00. The fraction of sp³-hybridized carbons (Fsp3) is 0.417. The number of nitrogens with zero attached hydrogens (tertiary/aromatic N) is 1. The monoisotopic (exact) mass is 238 g/mol. The number of rotatable bonds is 3. The zero-order valence-corrected chi connectivity index (χ0v) is 9.95. The van der Waals surface area contributed by atoms with Gasteiger partial charge in [0, 0.05) is 5.02 Å². The molecule has 1 aliphatic heterocycles. The van der Waals surface area contributed by atoms with Crippen LogP contribution in [0.15, 0.2) is 29.3 Å². The van der Waals surface area contributed by atoms with Crippen molar-refractivity contribution in [3.05, 3.63) is 34.9 Å². The third kappa shape index (κ3) is 2.67. The van der Waals surface area contributed by atoms with Gasteiger partial charge in [-0.25, -0.2) is 4.99 Å². The highest BCUT2D eigenvalue weighted by Crippen LogP contribution is 2.18. The number of nitrogens with two attached hydrogens (primary N) is 1. The van der Waals surface area contributed by atoms with Crippen LogP contribution in [-0.4, -0.2) is 18.2 Å². The zero-order valence-electron chi connectivity index (χ0n) is 9.19. The molecule has 0 saturated heterocycles. The molecule has 1 aromatic rings. The first-order valence-electron chi connectivity index (χ1n) is 5.39. The molecule has 1 heterocycles. The van der Waals surface area contributed by atoms with Gasteiger partial charge in [-0.05, 0) is 37.5 Å². The first kappa shape index (κ1) is 11.3. The summed E-state index contributed by atoms with van der Waals surface area (Å²) in [6.07, 6.45) is 2.00. The highest BCUT2D eigenvalue weighted by Gasteiger charge is 2.24. The standard InChI is InChI=1S/C12H15ClN2O/c1-8-11(15-12(14)16-8)7-4-9-2-5-10(13)6-3-9/h2-3,5-6,8,11H,4,7H2,1H3,(H2,14,15)/t8-,11-/m0/s1. The smallest absolute Gasteiger partial charge is 0.282 e. The minimum atomic E-state index is 0.0901. The molecule has 16 heavy (non-hydrogen) atoms. The molecule has 2 rings (SSSR count). The summed E-state index contributed by atoms with van der Waals surface area (Å²) >= 11 is 5.82. The molecule has 0 aromatic heterocycles. The lowest BCUT2D eigenvalue weighted by Gasteiger charge is -2.11. The Morgan fingerprint density at radius 3 is 2.62 bits per heavy atom. The molecule has 1 aromatic carbocycles. The van der Waals surface area contributed by atoms with E-state index in [9.17, 15) is 0 Å². The molecule has 2 atom stereocenters. The molecule has 0 bridgehead atoms. The van der Waals surface area contributed by atoms with Crippen molar-refractivity contribution in [1.29, 1.82) is 0 Å². The molecule has 0 aliphatic carbocycles. The Bertz CT molecular complexity index is 389. The summed E-state index contributed by atoms with van der Waals surface area (Å²) in [7, 11) is 0. The minimum Gasteiger partial charge on any atom is -0.460 e. The van der Waals surface area contributed by atoms with Gasteiger partial charge in [-0.15, -0.1) is 0 Å². The van der Waals surface area contributed by atoms with Crippen LogP contribution in [0, 0.1) is 0 Å². The van der Waals surface area contributed by atoms with Crippen molar-refractivity contribution in [2.45, 2.75) is 31.9 Å². The van der Waals surface area contributed by atoms with E-state index in [2.05, 4.69) is 4.99 Å². The quantitative estimate of drug-likeness (QED) is 0.879. The third-order valence-electron chi connectivity index (χ3n) is 2.78. The van der Waals surface area contributed by atoms with Gasteiger partial charge in [0.15, 0.2) is 0 Å². The van der Waals surface area contributed by atoms with Crippen LogP contribution in [0.5, 0.6) is 0 Å². The summed E-state index contributed by atoms with van der Waals surface area (Å²) in [5, 5.41) is 0.767. The van der Waals surface area contributed by atoms with Crippen LogP contribution in [0.3, 0.4) is 0 Å². The Morgan fingerprint density at radius 2 is 2.06 bits per heavy atom. The van der Waals surface area contributed by atoms with Crippen LogP contribution in [0.2, 0.25) is 5.02 Å². The Kier molecular flexibility index (Phi) is 3.34. The summed E-state index contributed by atoms with van der Waals surface area (Å²) in [5.74, 6) is 0. The molecule has 1 aliphatic rings. The maximum atomic E-state index is 5.82. The average molecular weight is 239 g/mol. The Labute approximate surface area is 100 Å². The number of ether oxygens (including phenoxy) is 1. The SMILES string of the molecule is C[C@@H]1OC(N)=N[C@H]1CCc1ccc(Cl)cc1. The first-order valence-corrected chi connectivity index (χ1v) is 5.77. The fourth-order valence-corrected chi connectivity index (χ4v) is 1.96. The average Bonchev–Trinajstić information content (AvgIpc) is 2.57. The van der Waals surface area contributed by atoms with E-state index in [1.54, 1.807) is 0 Å². The summed E-state index contributed by atoms with van der Waals surface area (Å²) in [4.78, 5) is 4.25. The van der Waals surface area contributed by atoms with Crippen LogP contribution in [0.25, 0.3) is 0 Å². The molecule has 2 N–H and O–H groups in total. The van der Waals surface area contributed by atoms with Gasteiger partial charge in [0.2, 0.25) is 0 Å². The van der Waals surface area contributed by atoms with Crippen molar-refractivity contribution < 1.29 is 4.74 Å². The van der Waals surface area contributed by atoms with E-state index in [1.165, 1.54) is 5.56 Å². The molecule has 0 spiro atoms. The summed E-state index contributed by atoms with van der Waals surface area (Å²) in [5.41, 5.74) is 6.78. The summed E-state index contributed by atoms with van der Waals surface area (Å²) in [6, 6.07) is 8.38. The van der Waals surface area contributed by atoms with Crippen LogP contribution in [0.1, 0.15) is 18.9 Å². The Hall–Kier alpha value is -1.22. The van der Waals surface area contributed by atoms with E-state index in [4.69, 9.17) is 22.1 Å². The zero-order chi connectivity index (χ0) is 11.5. The molecule has 3 nitrogen and oxygen atoms in total. The van der Waals surface area contributed by atoms with Crippen LogP contribution < -0.4 is 5.73 Å². The Balaban J connectivity index is 1.90. The molecule has 0 fully saturated rings. The van der Waals surface area contributed by atoms with Crippen LogP contribution >= 0.6 is 11.6 Å². The second-order valence-electron chi connectivity index (χ2n) is 4.02. The normalized spacial score (nSPS) is 24.0. The predicted molar refractivity (Wildman–Crippen MR) is 65.7 cm³/mol. The van der Waals surface area contributed by atoms with Crippen molar-refractivity contribution in [3.63, 3.8) is 0 Å². The van der Waals surface area contributed by atoms with Gasteiger partial charge in [-0.2, -0.15) is 0 Å². The molecule has 0 saturated carbocycles. The molecule has 0 radical (unpaired) electrons. The van der Waals surface area contributed by atoms with Crippen molar-refractivity contribution in [3.8, 4) is 0 Å². The van der Waals surface area contributed by atoms with E-state index in [1.807, 2.05) is 31.2 Å². The minimum absolute atomic E-state index is 0.0901. The lowest BCUT2D eigenvalue weighted by Crippen LogP contribution is -2.20. The highest BCUT2D eigenvalue weighted by atomic mass is 35.5. The van der Waals surface area contributed by atoms with Crippen LogP contribution in [-0.2, 0) is 11.2 Å². The number of aryl methyl sites for hydroxylation is 1. The molecule has 0 amide bonds. The van der Waals surface area contributed by atoms with Crippen molar-refractivity contribution in [2.24, 2.45) is 10.7 Å². The molecular weight excluding hydrogens is 224 g/mol. The molecule has 4 heteroatoms. The van der Waals surface area contributed by atoms with Gasteiger partial charge in [0.25, 0.3) is 6.02 Å². The van der Waals surface area contributed by atoms with E-state index in [0.29, 0.717) is 6.02 Å². The lowest BCUT2D eigenvalue weighted by atomic mass is 10.0. The third-order valence-corrected chi connectivity index (χ3v) is 3.04. The maximum absolute atomic E-state index is 5.82. The van der Waals surface area contributed by atoms with Crippen molar-refractivity contribution in [1.82, 2.24) is 0 Å². The van der Waals surface area contributed by atoms with Crippen molar-refractivity contribution in [2.75, 3.05) is 0 Å². The van der Waals surface area contributed by atoms with E-state index < -0.39 is 0 Å². The predicted octanol–water partition coefficient (Wildman–Crippen LogP) is 2.37. The van der Waals surface area contributed by atoms with Gasteiger partial charge >= 0.3 is 0 Å². The highest BCUT2D eigenvalue weighted by molar-refractivity contribution is 6.30. The largest absolute Gasteiger partial charge is 0.460 e. The number of aliphatic imine (C=N–C) groups is 1. The van der Waals surface area contributed by atoms with Gasteiger partial charge in [-0.3, -0.25) is 0 Å². The summed E-state index contributed by atoms with van der Waals surface area (Å²) < 4.78 is 5.29. The Morgan fingerprint density at radius 1 is 1.38 bits per heavy atom. The molecular formula is C12H15ClN2O. The second-order valence-corrected chi connectivity index (χ2v) is 4.46. The van der Waals surface area contributed by atoms with E-state index >= 15 is 0 Å². The first-order chi connectivity index (χ1) is 7.65. The van der Waals surface area contributed by atoms with Gasteiger partial charge in [0.05, 0.1) is 6.04 Å². The van der Waals surface area contributed by atoms with E-state index in [0.717, 1.165) is 17.9 Å². The lowest BCUT2D eigenvalue weighted by molar-refractivity contribution is 0.205. The van der Waals surface area contributed by atoms with E-state index in [-0.39, 0.29) is 12.1 Å². The van der Waals surface area contributed by atoms with Crippen LogP contribution in [0.4, 0.5) is 0 Å². The number of hydrogen-bond donors (Lipinski definition) is 1. The number of amidine groups is 1. The maximum Gasteiger partial charge on any atom is 0.282 e. The van der Waals surface area contributed by atoms with Gasteiger partial charge < -0.3 is 10.5 Å². The second kappa shape index (κ2) is 4.74. The fourth-order valence-electron chi connectivity index (χ4n) is 1.83. The number of hydrogen-bond acceptors (Lipinski definition) is 3. The molecule has 0 unspecified atom stereocenters. The van der Waals surface area contributed by atoms with Gasteiger partial charge in [0.1, 0.15) is 6.10 Å².